The molecule has 0 spiro atoms. The first-order valence-electron chi connectivity index (χ1n) is 5.11. The van der Waals surface area contributed by atoms with Crippen molar-refractivity contribution in [2.75, 3.05) is 12.4 Å². The van der Waals surface area contributed by atoms with Crippen molar-refractivity contribution in [3.63, 3.8) is 0 Å². The molecule has 3 nitrogen and oxygen atoms in total. The molecule has 0 bridgehead atoms. The van der Waals surface area contributed by atoms with Gasteiger partial charge in [0.25, 0.3) is 0 Å². The summed E-state index contributed by atoms with van der Waals surface area (Å²) in [5, 5.41) is 3.07. The highest BCUT2D eigenvalue weighted by Crippen LogP contribution is 2.23. The van der Waals surface area contributed by atoms with Crippen LogP contribution in [0.2, 0.25) is 0 Å². The predicted molar refractivity (Wildman–Crippen MR) is 58.2 cm³/mol. The van der Waals surface area contributed by atoms with E-state index in [2.05, 4.69) is 35.1 Å². The third kappa shape index (κ3) is 1.60. The Hall–Kier alpha value is -1.09. The highest BCUT2D eigenvalue weighted by molar-refractivity contribution is 5.39. The number of aromatic nitrogens is 1. The van der Waals surface area contributed by atoms with Crippen molar-refractivity contribution in [1.82, 2.24) is 9.88 Å². The zero-order valence-corrected chi connectivity index (χ0v) is 9.04. The van der Waals surface area contributed by atoms with Gasteiger partial charge >= 0.3 is 0 Å². The van der Waals surface area contributed by atoms with Crippen molar-refractivity contribution in [2.24, 2.45) is 0 Å². The van der Waals surface area contributed by atoms with E-state index in [9.17, 15) is 0 Å². The van der Waals surface area contributed by atoms with Crippen LogP contribution in [-0.2, 0) is 13.1 Å². The van der Waals surface area contributed by atoms with Crippen molar-refractivity contribution in [1.29, 1.82) is 0 Å². The molecular weight excluding hydrogens is 174 g/mol. The fraction of sp³-hybridized carbons (Fsp3) is 0.545. The van der Waals surface area contributed by atoms with Gasteiger partial charge in [-0.15, -0.1) is 0 Å². The standard InChI is InChI=1S/C11H17N3/c1-8(2)14-6-9-4-5-11(12-3)13-10(9)7-14/h4-5,8H,6-7H2,1-3H3,(H,12,13). The molecule has 1 aliphatic rings. The van der Waals surface area contributed by atoms with Crippen LogP contribution in [0.15, 0.2) is 12.1 Å². The summed E-state index contributed by atoms with van der Waals surface area (Å²) < 4.78 is 0. The first-order valence-corrected chi connectivity index (χ1v) is 5.11. The lowest BCUT2D eigenvalue weighted by molar-refractivity contribution is 0.226. The summed E-state index contributed by atoms with van der Waals surface area (Å²) in [5.74, 6) is 0.967. The Kier molecular flexibility index (Phi) is 2.42. The van der Waals surface area contributed by atoms with Crippen LogP contribution in [0.4, 0.5) is 5.82 Å². The third-order valence-electron chi connectivity index (χ3n) is 2.78. The summed E-state index contributed by atoms with van der Waals surface area (Å²) >= 11 is 0. The minimum absolute atomic E-state index is 0.599. The zero-order chi connectivity index (χ0) is 10.1. The lowest BCUT2D eigenvalue weighted by Gasteiger charge is -2.18. The number of fused-ring (bicyclic) bond motifs is 1. The van der Waals surface area contributed by atoms with E-state index in [1.807, 2.05) is 13.1 Å². The van der Waals surface area contributed by atoms with Crippen LogP contribution in [0.25, 0.3) is 0 Å². The molecule has 0 atom stereocenters. The predicted octanol–water partition coefficient (Wildman–Crippen LogP) is 1.85. The van der Waals surface area contributed by atoms with Crippen molar-refractivity contribution >= 4 is 5.82 Å². The van der Waals surface area contributed by atoms with Gasteiger partial charge < -0.3 is 5.32 Å². The van der Waals surface area contributed by atoms with E-state index in [1.54, 1.807) is 0 Å². The van der Waals surface area contributed by atoms with E-state index in [-0.39, 0.29) is 0 Å². The molecule has 0 saturated carbocycles. The van der Waals surface area contributed by atoms with E-state index in [4.69, 9.17) is 0 Å². The summed E-state index contributed by atoms with van der Waals surface area (Å²) in [6, 6.07) is 4.82. The van der Waals surface area contributed by atoms with Crippen LogP contribution in [0.5, 0.6) is 0 Å². The van der Waals surface area contributed by atoms with Crippen LogP contribution >= 0.6 is 0 Å². The third-order valence-corrected chi connectivity index (χ3v) is 2.78. The van der Waals surface area contributed by atoms with E-state index < -0.39 is 0 Å². The second-order valence-corrected chi connectivity index (χ2v) is 4.05. The molecule has 1 N–H and O–H groups in total. The zero-order valence-electron chi connectivity index (χ0n) is 9.04. The average molecular weight is 191 g/mol. The number of nitrogens with zero attached hydrogens (tertiary/aromatic N) is 2. The Morgan fingerprint density at radius 2 is 2.14 bits per heavy atom. The van der Waals surface area contributed by atoms with Gasteiger partial charge in [-0.2, -0.15) is 0 Å². The number of hydrogen-bond acceptors (Lipinski definition) is 3. The molecule has 1 aromatic rings. The quantitative estimate of drug-likeness (QED) is 0.773. The molecule has 0 saturated heterocycles. The minimum Gasteiger partial charge on any atom is -0.373 e. The van der Waals surface area contributed by atoms with Crippen molar-refractivity contribution < 1.29 is 0 Å². The van der Waals surface area contributed by atoms with Crippen LogP contribution in [0.3, 0.4) is 0 Å². The molecule has 1 aromatic heterocycles. The Labute approximate surface area is 85.1 Å². The Balaban J connectivity index is 2.22. The molecule has 0 fully saturated rings. The summed E-state index contributed by atoms with van der Waals surface area (Å²) in [4.78, 5) is 6.98. The first-order chi connectivity index (χ1) is 6.70. The molecule has 2 rings (SSSR count). The summed E-state index contributed by atoms with van der Waals surface area (Å²) in [6.07, 6.45) is 0. The van der Waals surface area contributed by atoms with Crippen LogP contribution in [-0.4, -0.2) is 23.0 Å². The molecule has 76 valence electrons. The van der Waals surface area contributed by atoms with E-state index in [0.717, 1.165) is 18.9 Å². The second kappa shape index (κ2) is 3.58. The van der Waals surface area contributed by atoms with E-state index in [1.165, 1.54) is 11.3 Å². The Morgan fingerprint density at radius 1 is 1.36 bits per heavy atom. The van der Waals surface area contributed by atoms with Crippen LogP contribution in [0, 0.1) is 0 Å². The molecule has 0 unspecified atom stereocenters. The number of rotatable bonds is 2. The first kappa shape index (κ1) is 9.46. The number of hydrogen-bond donors (Lipinski definition) is 1. The second-order valence-electron chi connectivity index (χ2n) is 4.05. The fourth-order valence-corrected chi connectivity index (χ4v) is 1.78. The SMILES string of the molecule is CNc1ccc2c(n1)CN(C(C)C)C2. The number of anilines is 1. The topological polar surface area (TPSA) is 28.2 Å². The van der Waals surface area contributed by atoms with Gasteiger partial charge in [0, 0.05) is 26.2 Å². The van der Waals surface area contributed by atoms with Gasteiger partial charge in [-0.25, -0.2) is 4.98 Å². The lowest BCUT2D eigenvalue weighted by atomic mass is 10.2. The van der Waals surface area contributed by atoms with Gasteiger partial charge in [0.05, 0.1) is 5.69 Å². The Morgan fingerprint density at radius 3 is 2.79 bits per heavy atom. The van der Waals surface area contributed by atoms with Gasteiger partial charge in [0.1, 0.15) is 5.82 Å². The Bertz CT molecular complexity index is 333. The molecule has 0 amide bonds. The average Bonchev–Trinajstić information content (AvgIpc) is 2.59. The van der Waals surface area contributed by atoms with Crippen molar-refractivity contribution in [3.05, 3.63) is 23.4 Å². The van der Waals surface area contributed by atoms with Gasteiger partial charge in [-0.05, 0) is 25.5 Å². The molecule has 0 radical (unpaired) electrons. The van der Waals surface area contributed by atoms with E-state index in [0.29, 0.717) is 6.04 Å². The molecular formula is C11H17N3. The monoisotopic (exact) mass is 191 g/mol. The molecule has 2 heterocycles. The fourth-order valence-electron chi connectivity index (χ4n) is 1.78. The minimum atomic E-state index is 0.599. The maximum atomic E-state index is 4.55. The smallest absolute Gasteiger partial charge is 0.126 e. The van der Waals surface area contributed by atoms with E-state index >= 15 is 0 Å². The summed E-state index contributed by atoms with van der Waals surface area (Å²) in [5.41, 5.74) is 2.60. The van der Waals surface area contributed by atoms with Crippen molar-refractivity contribution in [3.8, 4) is 0 Å². The van der Waals surface area contributed by atoms with Crippen LogP contribution in [0.1, 0.15) is 25.1 Å². The van der Waals surface area contributed by atoms with Gasteiger partial charge in [0.2, 0.25) is 0 Å². The summed E-state index contributed by atoms with van der Waals surface area (Å²) in [6.45, 7) is 6.49. The van der Waals surface area contributed by atoms with Gasteiger partial charge in [-0.1, -0.05) is 6.07 Å². The van der Waals surface area contributed by atoms with Gasteiger partial charge in [-0.3, -0.25) is 4.90 Å². The molecule has 3 heteroatoms. The van der Waals surface area contributed by atoms with Crippen molar-refractivity contribution in [2.45, 2.75) is 33.0 Å². The normalized spacial score (nSPS) is 16.0. The van der Waals surface area contributed by atoms with Crippen LogP contribution < -0.4 is 5.32 Å². The maximum Gasteiger partial charge on any atom is 0.126 e. The highest BCUT2D eigenvalue weighted by Gasteiger charge is 2.21. The number of pyridine rings is 1. The maximum absolute atomic E-state index is 4.55. The van der Waals surface area contributed by atoms with Gasteiger partial charge in [0.15, 0.2) is 0 Å². The molecule has 0 aromatic carbocycles. The highest BCUT2D eigenvalue weighted by atomic mass is 15.2. The molecule has 1 aliphatic heterocycles. The molecule has 14 heavy (non-hydrogen) atoms. The lowest BCUT2D eigenvalue weighted by Crippen LogP contribution is -2.24. The number of nitrogens with one attached hydrogen (secondary N) is 1. The molecule has 0 aliphatic carbocycles. The largest absolute Gasteiger partial charge is 0.373 e. The summed E-state index contributed by atoms with van der Waals surface area (Å²) in [7, 11) is 1.91.